The van der Waals surface area contributed by atoms with E-state index in [9.17, 15) is 0 Å². The van der Waals surface area contributed by atoms with Crippen molar-refractivity contribution in [3.8, 4) is 0 Å². The highest BCUT2D eigenvalue weighted by Crippen LogP contribution is 2.20. The molecule has 1 aromatic carbocycles. The van der Waals surface area contributed by atoms with E-state index in [0.29, 0.717) is 5.92 Å². The molecule has 1 heterocycles. The Morgan fingerprint density at radius 1 is 1.11 bits per heavy atom. The van der Waals surface area contributed by atoms with Crippen LogP contribution in [0.3, 0.4) is 0 Å². The number of rotatable bonds is 6. The summed E-state index contributed by atoms with van der Waals surface area (Å²) in [6, 6.07) is 8.46. The molecule has 0 amide bonds. The molecule has 0 saturated carbocycles. The van der Waals surface area contributed by atoms with Crippen molar-refractivity contribution in [1.29, 1.82) is 0 Å². The first-order chi connectivity index (χ1) is 9.28. The van der Waals surface area contributed by atoms with Crippen LogP contribution in [0.15, 0.2) is 28.7 Å². The van der Waals surface area contributed by atoms with Crippen molar-refractivity contribution in [2.24, 2.45) is 5.92 Å². The molecule has 2 nitrogen and oxygen atoms in total. The topological polar surface area (TPSA) is 18.5 Å². The molecule has 1 aliphatic rings. The van der Waals surface area contributed by atoms with Crippen molar-refractivity contribution in [2.75, 3.05) is 13.2 Å². The van der Waals surface area contributed by atoms with Crippen LogP contribution in [-0.4, -0.2) is 19.5 Å². The average Bonchev–Trinajstić information content (AvgIpc) is 2.46. The van der Waals surface area contributed by atoms with Crippen molar-refractivity contribution in [1.82, 2.24) is 0 Å². The van der Waals surface area contributed by atoms with Crippen molar-refractivity contribution in [3.63, 3.8) is 0 Å². The third-order valence-corrected chi connectivity index (χ3v) is 4.11. The molecule has 0 aromatic heterocycles. The van der Waals surface area contributed by atoms with Crippen LogP contribution in [0.4, 0.5) is 0 Å². The maximum Gasteiger partial charge on any atom is 0.157 e. The summed E-state index contributed by atoms with van der Waals surface area (Å²) in [5.41, 5.74) is 1.34. The fourth-order valence-electron chi connectivity index (χ4n) is 2.34. The quantitative estimate of drug-likeness (QED) is 0.762. The lowest BCUT2D eigenvalue weighted by Crippen LogP contribution is -2.32. The van der Waals surface area contributed by atoms with Gasteiger partial charge in [0.05, 0.1) is 13.2 Å². The van der Waals surface area contributed by atoms with E-state index >= 15 is 0 Å². The van der Waals surface area contributed by atoms with Crippen LogP contribution in [0.25, 0.3) is 0 Å². The minimum Gasteiger partial charge on any atom is -0.352 e. The molecule has 0 spiro atoms. The molecule has 1 fully saturated rings. The van der Waals surface area contributed by atoms with Gasteiger partial charge in [-0.15, -0.1) is 0 Å². The predicted octanol–water partition coefficient (Wildman–Crippen LogP) is 4.56. The molecule has 0 atom stereocenters. The molecule has 0 unspecified atom stereocenters. The Morgan fingerprint density at radius 3 is 2.42 bits per heavy atom. The van der Waals surface area contributed by atoms with Gasteiger partial charge in [-0.1, -0.05) is 47.8 Å². The molecule has 3 heteroatoms. The highest BCUT2D eigenvalue weighted by atomic mass is 79.9. The van der Waals surface area contributed by atoms with Crippen molar-refractivity contribution >= 4 is 15.9 Å². The zero-order valence-electron chi connectivity index (χ0n) is 11.6. The third-order valence-electron chi connectivity index (χ3n) is 3.58. The summed E-state index contributed by atoms with van der Waals surface area (Å²) >= 11 is 3.45. The maximum atomic E-state index is 5.80. The zero-order chi connectivity index (χ0) is 13.5. The van der Waals surface area contributed by atoms with Crippen LogP contribution in [-0.2, 0) is 15.9 Å². The molecule has 19 heavy (non-hydrogen) atoms. The van der Waals surface area contributed by atoms with Gasteiger partial charge in [-0.05, 0) is 30.5 Å². The molecule has 2 rings (SSSR count). The highest BCUT2D eigenvalue weighted by Gasteiger charge is 2.21. The van der Waals surface area contributed by atoms with Gasteiger partial charge >= 0.3 is 0 Å². The second-order valence-electron chi connectivity index (χ2n) is 5.27. The molecule has 106 valence electrons. The fourth-order valence-corrected chi connectivity index (χ4v) is 2.61. The van der Waals surface area contributed by atoms with Crippen molar-refractivity contribution in [3.05, 3.63) is 34.3 Å². The average molecular weight is 327 g/mol. The van der Waals surface area contributed by atoms with E-state index in [-0.39, 0.29) is 6.29 Å². The van der Waals surface area contributed by atoms with E-state index in [1.807, 2.05) is 0 Å². The summed E-state index contributed by atoms with van der Waals surface area (Å²) in [6.07, 6.45) is 5.71. The summed E-state index contributed by atoms with van der Waals surface area (Å²) in [5, 5.41) is 0. The summed E-state index contributed by atoms with van der Waals surface area (Å²) in [4.78, 5) is 0. The Morgan fingerprint density at radius 2 is 1.79 bits per heavy atom. The number of unbranched alkanes of at least 4 members (excludes halogenated alkanes) is 1. The van der Waals surface area contributed by atoms with Crippen LogP contribution in [0.5, 0.6) is 0 Å². The van der Waals surface area contributed by atoms with E-state index in [1.54, 1.807) is 0 Å². The molecule has 0 aliphatic carbocycles. The molecule has 1 aliphatic heterocycles. The Labute approximate surface area is 124 Å². The van der Waals surface area contributed by atoms with Gasteiger partial charge < -0.3 is 9.47 Å². The zero-order valence-corrected chi connectivity index (χ0v) is 13.2. The van der Waals surface area contributed by atoms with Crippen molar-refractivity contribution in [2.45, 2.75) is 45.3 Å². The van der Waals surface area contributed by atoms with Gasteiger partial charge in [0.2, 0.25) is 0 Å². The Bertz CT molecular complexity index is 356. The van der Waals surface area contributed by atoms with Crippen LogP contribution >= 0.6 is 15.9 Å². The molecule has 1 saturated heterocycles. The molecular weight excluding hydrogens is 304 g/mol. The van der Waals surface area contributed by atoms with E-state index in [2.05, 4.69) is 47.1 Å². The molecule has 0 bridgehead atoms. The lowest BCUT2D eigenvalue weighted by Gasteiger charge is -2.29. The molecule has 1 aromatic rings. The lowest BCUT2D eigenvalue weighted by atomic mass is 10.0. The van der Waals surface area contributed by atoms with E-state index in [4.69, 9.17) is 9.47 Å². The first-order valence-corrected chi connectivity index (χ1v) is 8.05. The molecule has 0 N–H and O–H groups in total. The van der Waals surface area contributed by atoms with E-state index in [1.165, 1.54) is 24.8 Å². The predicted molar refractivity (Wildman–Crippen MR) is 81.2 cm³/mol. The van der Waals surface area contributed by atoms with E-state index < -0.39 is 0 Å². The minimum absolute atomic E-state index is 0.0125. The first kappa shape index (κ1) is 15.0. The van der Waals surface area contributed by atoms with Crippen molar-refractivity contribution < 1.29 is 9.47 Å². The monoisotopic (exact) mass is 326 g/mol. The Hall–Kier alpha value is -0.380. The summed E-state index contributed by atoms with van der Waals surface area (Å²) in [7, 11) is 0. The van der Waals surface area contributed by atoms with Gasteiger partial charge in [0.25, 0.3) is 0 Å². The number of aryl methyl sites for hydroxylation is 1. The summed E-state index contributed by atoms with van der Waals surface area (Å²) in [6.45, 7) is 3.96. The molecular formula is C16H23BrO2. The second kappa shape index (κ2) is 8.03. The van der Waals surface area contributed by atoms with Gasteiger partial charge in [0.1, 0.15) is 0 Å². The highest BCUT2D eigenvalue weighted by molar-refractivity contribution is 9.10. The fraction of sp³-hybridized carbons (Fsp3) is 0.625. The minimum atomic E-state index is -0.0125. The number of halogens is 1. The van der Waals surface area contributed by atoms with Crippen LogP contribution in [0.1, 0.15) is 38.2 Å². The lowest BCUT2D eigenvalue weighted by molar-refractivity contribution is -0.203. The Balaban J connectivity index is 1.67. The number of hydrogen-bond acceptors (Lipinski definition) is 2. The largest absolute Gasteiger partial charge is 0.352 e. The number of benzene rings is 1. The Kier molecular flexibility index (Phi) is 6.35. The van der Waals surface area contributed by atoms with Gasteiger partial charge in [0, 0.05) is 16.8 Å². The molecule has 0 radical (unpaired) electrons. The first-order valence-electron chi connectivity index (χ1n) is 7.25. The second-order valence-corrected chi connectivity index (χ2v) is 6.19. The van der Waals surface area contributed by atoms with Gasteiger partial charge in [0.15, 0.2) is 6.29 Å². The normalized spacial score (nSPS) is 23.5. The van der Waals surface area contributed by atoms with Gasteiger partial charge in [-0.25, -0.2) is 0 Å². The van der Waals surface area contributed by atoms with Crippen LogP contribution in [0.2, 0.25) is 0 Å². The van der Waals surface area contributed by atoms with E-state index in [0.717, 1.165) is 30.5 Å². The van der Waals surface area contributed by atoms with Gasteiger partial charge in [-0.3, -0.25) is 0 Å². The maximum absolute atomic E-state index is 5.80. The third kappa shape index (κ3) is 5.25. The smallest absolute Gasteiger partial charge is 0.157 e. The van der Waals surface area contributed by atoms with Crippen LogP contribution < -0.4 is 0 Å². The number of hydrogen-bond donors (Lipinski definition) is 0. The SMILES string of the molecule is CCCCC1COC(CCc2ccc(Br)cc2)OC1. The standard InChI is InChI=1S/C16H23BrO2/c1-2-3-4-14-11-18-16(19-12-14)10-7-13-5-8-15(17)9-6-13/h5-6,8-9,14,16H,2-4,7,10-12H2,1H3. The van der Waals surface area contributed by atoms with Crippen LogP contribution in [0, 0.1) is 5.92 Å². The summed E-state index contributed by atoms with van der Waals surface area (Å²) < 4.78 is 12.7. The number of ether oxygens (including phenoxy) is 2. The summed E-state index contributed by atoms with van der Waals surface area (Å²) in [5.74, 6) is 0.601. The van der Waals surface area contributed by atoms with Gasteiger partial charge in [-0.2, -0.15) is 0 Å².